The lowest BCUT2D eigenvalue weighted by Gasteiger charge is -2.33. The molecule has 1 aromatic heterocycles. The Hall–Kier alpha value is -1.32. The van der Waals surface area contributed by atoms with E-state index in [1.165, 1.54) is 12.8 Å². The molecule has 4 heteroatoms. The molecule has 2 N–H and O–H groups in total. The third-order valence-electron chi connectivity index (χ3n) is 2.91. The highest BCUT2D eigenvalue weighted by Gasteiger charge is 2.25. The summed E-state index contributed by atoms with van der Waals surface area (Å²) in [4.78, 5) is 8.76. The average molecular weight is 220 g/mol. The average Bonchev–Trinajstić information content (AvgIpc) is 2.15. The normalized spacial score (nSPS) is 23.7. The summed E-state index contributed by atoms with van der Waals surface area (Å²) in [5.74, 6) is 2.52. The fourth-order valence-corrected chi connectivity index (χ4v) is 2.11. The van der Waals surface area contributed by atoms with E-state index in [0.29, 0.717) is 6.04 Å². The van der Waals surface area contributed by atoms with Gasteiger partial charge in [-0.05, 0) is 32.6 Å². The van der Waals surface area contributed by atoms with Crippen LogP contribution in [0.2, 0.25) is 0 Å². The van der Waals surface area contributed by atoms with Gasteiger partial charge in [-0.3, -0.25) is 0 Å². The number of rotatable bonds is 4. The van der Waals surface area contributed by atoms with Crippen LogP contribution in [0.3, 0.4) is 0 Å². The van der Waals surface area contributed by atoms with E-state index in [0.717, 1.165) is 29.9 Å². The van der Waals surface area contributed by atoms with Crippen molar-refractivity contribution in [2.24, 2.45) is 5.92 Å². The number of nitrogens with zero attached hydrogens (tertiary/aromatic N) is 2. The zero-order valence-electron chi connectivity index (χ0n) is 10.2. The summed E-state index contributed by atoms with van der Waals surface area (Å²) < 4.78 is 0. The maximum Gasteiger partial charge on any atom is 0.224 e. The van der Waals surface area contributed by atoms with Crippen molar-refractivity contribution in [1.29, 1.82) is 0 Å². The van der Waals surface area contributed by atoms with Gasteiger partial charge in [0.1, 0.15) is 5.82 Å². The number of hydrogen-bond donors (Lipinski definition) is 2. The molecule has 1 aromatic rings. The molecule has 0 aliphatic heterocycles. The van der Waals surface area contributed by atoms with Crippen LogP contribution in [0.25, 0.3) is 0 Å². The molecule has 0 atom stereocenters. The van der Waals surface area contributed by atoms with Gasteiger partial charge in [0, 0.05) is 24.3 Å². The highest BCUT2D eigenvalue weighted by atomic mass is 15.1. The first kappa shape index (κ1) is 11.2. The maximum atomic E-state index is 4.44. The van der Waals surface area contributed by atoms with Crippen molar-refractivity contribution < 1.29 is 0 Å². The van der Waals surface area contributed by atoms with Gasteiger partial charge in [0.15, 0.2) is 0 Å². The van der Waals surface area contributed by atoms with Crippen molar-refractivity contribution in [3.63, 3.8) is 0 Å². The second kappa shape index (κ2) is 4.68. The summed E-state index contributed by atoms with van der Waals surface area (Å²) in [6.45, 7) is 7.18. The Labute approximate surface area is 96.9 Å². The SMILES string of the molecule is CCNc1nc(C)cc(NC2CC(C)C2)n1. The summed E-state index contributed by atoms with van der Waals surface area (Å²) in [6, 6.07) is 2.60. The van der Waals surface area contributed by atoms with E-state index < -0.39 is 0 Å². The molecule has 0 unspecified atom stereocenters. The van der Waals surface area contributed by atoms with Gasteiger partial charge < -0.3 is 10.6 Å². The zero-order chi connectivity index (χ0) is 11.5. The molecular weight excluding hydrogens is 200 g/mol. The smallest absolute Gasteiger partial charge is 0.224 e. The highest BCUT2D eigenvalue weighted by Crippen LogP contribution is 2.29. The molecule has 1 fully saturated rings. The first-order valence-electron chi connectivity index (χ1n) is 6.03. The fourth-order valence-electron chi connectivity index (χ4n) is 2.11. The van der Waals surface area contributed by atoms with Gasteiger partial charge in [0.2, 0.25) is 5.95 Å². The Balaban J connectivity index is 2.02. The third-order valence-corrected chi connectivity index (χ3v) is 2.91. The topological polar surface area (TPSA) is 49.8 Å². The van der Waals surface area contributed by atoms with E-state index in [4.69, 9.17) is 0 Å². The second-order valence-corrected chi connectivity index (χ2v) is 4.67. The third kappa shape index (κ3) is 2.62. The zero-order valence-corrected chi connectivity index (χ0v) is 10.2. The predicted molar refractivity (Wildman–Crippen MR) is 66.7 cm³/mol. The molecule has 0 saturated heterocycles. The quantitative estimate of drug-likeness (QED) is 0.818. The van der Waals surface area contributed by atoms with Crippen LogP contribution in [0, 0.1) is 12.8 Å². The molecule has 4 nitrogen and oxygen atoms in total. The van der Waals surface area contributed by atoms with Crippen LogP contribution in [0.5, 0.6) is 0 Å². The number of aryl methyl sites for hydroxylation is 1. The van der Waals surface area contributed by atoms with Gasteiger partial charge in [0.25, 0.3) is 0 Å². The Morgan fingerprint density at radius 2 is 2.12 bits per heavy atom. The number of anilines is 2. The Bertz CT molecular complexity index is 358. The van der Waals surface area contributed by atoms with Crippen molar-refractivity contribution in [1.82, 2.24) is 9.97 Å². The van der Waals surface area contributed by atoms with Crippen molar-refractivity contribution in [2.45, 2.75) is 39.7 Å². The van der Waals surface area contributed by atoms with Gasteiger partial charge in [-0.25, -0.2) is 4.98 Å². The summed E-state index contributed by atoms with van der Waals surface area (Å²) in [5, 5.41) is 6.60. The van der Waals surface area contributed by atoms with E-state index in [1.54, 1.807) is 0 Å². The standard InChI is InChI=1S/C12H20N4/c1-4-13-12-14-9(3)7-11(16-12)15-10-5-8(2)6-10/h7-8,10H,4-6H2,1-3H3,(H2,13,14,15,16). The van der Waals surface area contributed by atoms with E-state index in [-0.39, 0.29) is 0 Å². The van der Waals surface area contributed by atoms with Crippen LogP contribution < -0.4 is 10.6 Å². The molecule has 2 rings (SSSR count). The number of aromatic nitrogens is 2. The van der Waals surface area contributed by atoms with Gasteiger partial charge in [-0.15, -0.1) is 0 Å². The molecule has 0 bridgehead atoms. The largest absolute Gasteiger partial charge is 0.367 e. The van der Waals surface area contributed by atoms with Crippen LogP contribution in [-0.2, 0) is 0 Å². The lowest BCUT2D eigenvalue weighted by atomic mass is 9.82. The van der Waals surface area contributed by atoms with Gasteiger partial charge >= 0.3 is 0 Å². The van der Waals surface area contributed by atoms with Crippen LogP contribution in [0.4, 0.5) is 11.8 Å². The Morgan fingerprint density at radius 1 is 1.38 bits per heavy atom. The fraction of sp³-hybridized carbons (Fsp3) is 0.667. The van der Waals surface area contributed by atoms with E-state index in [9.17, 15) is 0 Å². The minimum Gasteiger partial charge on any atom is -0.367 e. The van der Waals surface area contributed by atoms with Crippen molar-refractivity contribution in [3.8, 4) is 0 Å². The van der Waals surface area contributed by atoms with Crippen molar-refractivity contribution in [3.05, 3.63) is 11.8 Å². The minimum absolute atomic E-state index is 0.596. The van der Waals surface area contributed by atoms with Crippen molar-refractivity contribution in [2.75, 3.05) is 17.2 Å². The molecule has 0 amide bonds. The van der Waals surface area contributed by atoms with E-state index in [2.05, 4.69) is 27.5 Å². The summed E-state index contributed by atoms with van der Waals surface area (Å²) in [5.41, 5.74) is 1.00. The summed E-state index contributed by atoms with van der Waals surface area (Å²) in [6.07, 6.45) is 2.50. The van der Waals surface area contributed by atoms with Crippen LogP contribution >= 0.6 is 0 Å². The Morgan fingerprint density at radius 3 is 2.75 bits per heavy atom. The first-order chi connectivity index (χ1) is 7.67. The van der Waals surface area contributed by atoms with Crippen LogP contribution in [0.15, 0.2) is 6.07 Å². The molecule has 1 aliphatic rings. The number of nitrogens with one attached hydrogen (secondary N) is 2. The van der Waals surface area contributed by atoms with Gasteiger partial charge in [-0.1, -0.05) is 6.92 Å². The van der Waals surface area contributed by atoms with Crippen LogP contribution in [0.1, 0.15) is 32.4 Å². The summed E-state index contributed by atoms with van der Waals surface area (Å²) in [7, 11) is 0. The molecule has 0 aromatic carbocycles. The van der Waals surface area contributed by atoms with Crippen molar-refractivity contribution >= 4 is 11.8 Å². The lowest BCUT2D eigenvalue weighted by Crippen LogP contribution is -2.34. The predicted octanol–water partition coefficient (Wildman–Crippen LogP) is 2.43. The minimum atomic E-state index is 0.596. The van der Waals surface area contributed by atoms with E-state index >= 15 is 0 Å². The molecule has 1 aliphatic carbocycles. The second-order valence-electron chi connectivity index (χ2n) is 4.67. The van der Waals surface area contributed by atoms with Crippen LogP contribution in [-0.4, -0.2) is 22.6 Å². The Kier molecular flexibility index (Phi) is 3.27. The van der Waals surface area contributed by atoms with Gasteiger partial charge in [0.05, 0.1) is 0 Å². The first-order valence-corrected chi connectivity index (χ1v) is 6.03. The summed E-state index contributed by atoms with van der Waals surface area (Å²) >= 11 is 0. The molecule has 1 heterocycles. The molecule has 1 saturated carbocycles. The molecule has 16 heavy (non-hydrogen) atoms. The molecular formula is C12H20N4. The molecule has 88 valence electrons. The number of hydrogen-bond acceptors (Lipinski definition) is 4. The maximum absolute atomic E-state index is 4.44. The van der Waals surface area contributed by atoms with E-state index in [1.807, 2.05) is 19.9 Å². The van der Waals surface area contributed by atoms with Gasteiger partial charge in [-0.2, -0.15) is 4.98 Å². The highest BCUT2D eigenvalue weighted by molar-refractivity contribution is 5.43. The molecule has 0 radical (unpaired) electrons. The molecule has 0 spiro atoms. The monoisotopic (exact) mass is 220 g/mol. The lowest BCUT2D eigenvalue weighted by molar-refractivity contribution is 0.308.